The van der Waals surface area contributed by atoms with Crippen LogP contribution in [-0.2, 0) is 14.6 Å². The van der Waals surface area contributed by atoms with Crippen LogP contribution >= 0.6 is 0 Å². The van der Waals surface area contributed by atoms with Crippen molar-refractivity contribution in [3.8, 4) is 0 Å². The van der Waals surface area contributed by atoms with Gasteiger partial charge in [-0.15, -0.1) is 0 Å². The molecule has 4 aliphatic carbocycles. The van der Waals surface area contributed by atoms with E-state index in [4.69, 9.17) is 0 Å². The Hall–Kier alpha value is -3.11. The topological polar surface area (TPSA) is 71.4 Å². The van der Waals surface area contributed by atoms with Crippen molar-refractivity contribution in [3.63, 3.8) is 0 Å². The molecule has 1 N–H and O–H groups in total. The third kappa shape index (κ3) is 5.12. The molecule has 2 unspecified atom stereocenters. The quantitative estimate of drug-likeness (QED) is 0.263. The van der Waals surface area contributed by atoms with Crippen molar-refractivity contribution in [2.24, 2.45) is 17.3 Å². The molecule has 0 heterocycles. The van der Waals surface area contributed by atoms with E-state index < -0.39 is 51.2 Å². The molecule has 0 bridgehead atoms. The van der Waals surface area contributed by atoms with Gasteiger partial charge < -0.3 is 5.11 Å². The van der Waals surface area contributed by atoms with Gasteiger partial charge in [-0.25, -0.2) is 8.42 Å². The van der Waals surface area contributed by atoms with Crippen molar-refractivity contribution >= 4 is 27.8 Å². The van der Waals surface area contributed by atoms with Crippen LogP contribution in [0.3, 0.4) is 0 Å². The van der Waals surface area contributed by atoms with Gasteiger partial charge >= 0.3 is 12.1 Å². The molecule has 4 aliphatic rings. The third-order valence-electron chi connectivity index (χ3n) is 10.9. The summed E-state index contributed by atoms with van der Waals surface area (Å²) < 4.78 is 95.2. The minimum absolute atomic E-state index is 0.0344. The number of rotatable bonds is 5. The average molecular weight is 647 g/mol. The lowest BCUT2D eigenvalue weighted by atomic mass is 9.50. The van der Waals surface area contributed by atoms with E-state index in [-0.39, 0.29) is 29.4 Å². The molecule has 2 aromatic rings. The summed E-state index contributed by atoms with van der Waals surface area (Å²) in [6, 6.07) is 13.8. The maximum atomic E-state index is 15.2. The molecule has 5 atom stereocenters. The van der Waals surface area contributed by atoms with E-state index in [0.717, 1.165) is 39.7 Å². The van der Waals surface area contributed by atoms with E-state index >= 15 is 8.78 Å². The summed E-state index contributed by atoms with van der Waals surface area (Å²) in [6.45, 7) is 1.42. The number of aliphatic hydroxyl groups is 1. The van der Waals surface area contributed by atoms with Gasteiger partial charge in [0.25, 0.3) is 0 Å². The van der Waals surface area contributed by atoms with Crippen molar-refractivity contribution in [3.05, 3.63) is 88.0 Å². The lowest BCUT2D eigenvalue weighted by Gasteiger charge is -2.56. The Morgan fingerprint density at radius 2 is 1.49 bits per heavy atom. The summed E-state index contributed by atoms with van der Waals surface area (Å²) in [5, 5.41) is 11.4. The van der Waals surface area contributed by atoms with Crippen LogP contribution in [0.25, 0.3) is 12.2 Å². The van der Waals surface area contributed by atoms with E-state index in [9.17, 15) is 31.5 Å². The highest BCUT2D eigenvalue weighted by Crippen LogP contribution is 2.70. The minimum atomic E-state index is -5.89. The number of benzene rings is 2. The molecule has 0 aliphatic heterocycles. The first-order valence-electron chi connectivity index (χ1n) is 15.2. The van der Waals surface area contributed by atoms with Gasteiger partial charge in [0.15, 0.2) is 15.6 Å². The summed E-state index contributed by atoms with van der Waals surface area (Å²) in [6.07, 6.45) is 1.86. The molecular weight excluding hydrogens is 611 g/mol. The number of hydrogen-bond donors (Lipinski definition) is 1. The van der Waals surface area contributed by atoms with Crippen LogP contribution in [0.5, 0.6) is 0 Å². The van der Waals surface area contributed by atoms with Gasteiger partial charge in [0, 0.05) is 24.0 Å². The first-order chi connectivity index (χ1) is 21.0. The molecule has 240 valence electrons. The predicted octanol–water partition coefficient (Wildman–Crippen LogP) is 8.09. The fraction of sp³-hybridized carbons (Fsp3) is 0.457. The summed E-state index contributed by atoms with van der Waals surface area (Å²) in [5.41, 5.74) is 0.398. The second-order valence-electron chi connectivity index (χ2n) is 13.3. The standard InChI is InChI=1S/C35H35F5O4S/c1-32-20-29(23-9-5-21(6-10-23)3-4-22-7-13-26(14-8-22)45(2,43)44)31-27-16-12-25(41)19-24(27)11-15-28(31)30(32)17-18-33(32,42)34(36,37)35(38,39)40/h3-10,13-14,19,28-30,42H,11-12,15-18,20H2,1-2H3/b4-3+/t28?,29-,30?,32+,33+/m1/s1. The summed E-state index contributed by atoms with van der Waals surface area (Å²) in [5.74, 6) is -6.57. The summed E-state index contributed by atoms with van der Waals surface area (Å²) in [4.78, 5) is 12.5. The number of sulfone groups is 1. The number of carbonyl (C=O) groups excluding carboxylic acids is 1. The predicted molar refractivity (Wildman–Crippen MR) is 161 cm³/mol. The normalized spacial score (nSPS) is 30.6. The van der Waals surface area contributed by atoms with Crippen molar-refractivity contribution in [2.45, 2.75) is 80.4 Å². The Kier molecular flexibility index (Phi) is 7.59. The van der Waals surface area contributed by atoms with Crippen LogP contribution in [0.1, 0.15) is 74.5 Å². The molecule has 0 saturated heterocycles. The zero-order valence-electron chi connectivity index (χ0n) is 25.0. The molecule has 6 rings (SSSR count). The summed E-state index contributed by atoms with van der Waals surface area (Å²) in [7, 11) is -3.31. The van der Waals surface area contributed by atoms with Crippen molar-refractivity contribution < 1.29 is 40.3 Å². The number of halogens is 5. The van der Waals surface area contributed by atoms with Gasteiger partial charge in [0.2, 0.25) is 0 Å². The van der Waals surface area contributed by atoms with Gasteiger partial charge in [-0.1, -0.05) is 61.0 Å². The van der Waals surface area contributed by atoms with E-state index in [1.54, 1.807) is 18.2 Å². The SMILES string of the molecule is C[C@]12C[C@H](c3ccc(/C=C/c4ccc(S(C)(=O)=O)cc4)cc3)C3=C4CCC(=O)C=C4CCC3C1CC[C@@]2(O)C(F)(F)C(F)(F)F. The highest BCUT2D eigenvalue weighted by Gasteiger charge is 2.79. The molecule has 0 radical (unpaired) electrons. The number of ketones is 1. The van der Waals surface area contributed by atoms with Gasteiger partial charge in [-0.2, -0.15) is 22.0 Å². The Morgan fingerprint density at radius 1 is 0.889 bits per heavy atom. The molecule has 0 amide bonds. The summed E-state index contributed by atoms with van der Waals surface area (Å²) >= 11 is 0. The van der Waals surface area contributed by atoms with Crippen LogP contribution in [0, 0.1) is 17.3 Å². The third-order valence-corrected chi connectivity index (χ3v) is 12.0. The number of allylic oxidation sites excluding steroid dienone is 4. The minimum Gasteiger partial charge on any atom is -0.383 e. The molecule has 10 heteroatoms. The van der Waals surface area contributed by atoms with Gasteiger partial charge in [-0.05, 0) is 96.4 Å². The number of fused-ring (bicyclic) bond motifs is 4. The molecular formula is C35H35F5O4S. The number of alkyl halides is 5. The highest BCUT2D eigenvalue weighted by atomic mass is 32.2. The largest absolute Gasteiger partial charge is 0.456 e. The zero-order valence-corrected chi connectivity index (χ0v) is 25.8. The molecule has 45 heavy (non-hydrogen) atoms. The maximum absolute atomic E-state index is 15.2. The van der Waals surface area contributed by atoms with Gasteiger partial charge in [-0.3, -0.25) is 4.79 Å². The zero-order chi connectivity index (χ0) is 32.6. The van der Waals surface area contributed by atoms with Gasteiger partial charge in [0.05, 0.1) is 4.90 Å². The first-order valence-corrected chi connectivity index (χ1v) is 17.1. The Labute approximate surface area is 259 Å². The maximum Gasteiger partial charge on any atom is 0.456 e. The number of carbonyl (C=O) groups is 1. The van der Waals surface area contributed by atoms with Crippen LogP contribution in [0.2, 0.25) is 0 Å². The fourth-order valence-electron chi connectivity index (χ4n) is 8.57. The lowest BCUT2D eigenvalue weighted by molar-refractivity contribution is -0.362. The van der Waals surface area contributed by atoms with E-state index in [0.29, 0.717) is 25.7 Å². The van der Waals surface area contributed by atoms with E-state index in [2.05, 4.69) is 0 Å². The van der Waals surface area contributed by atoms with Crippen molar-refractivity contribution in [1.29, 1.82) is 0 Å². The smallest absolute Gasteiger partial charge is 0.383 e. The second-order valence-corrected chi connectivity index (χ2v) is 15.3. The Morgan fingerprint density at radius 3 is 2.07 bits per heavy atom. The van der Waals surface area contributed by atoms with Gasteiger partial charge in [0.1, 0.15) is 5.60 Å². The molecule has 4 nitrogen and oxygen atoms in total. The van der Waals surface area contributed by atoms with Crippen molar-refractivity contribution in [2.75, 3.05) is 6.26 Å². The Bertz CT molecular complexity index is 1720. The molecule has 2 fully saturated rings. The van der Waals surface area contributed by atoms with Crippen molar-refractivity contribution in [1.82, 2.24) is 0 Å². The van der Waals surface area contributed by atoms with Crippen LogP contribution < -0.4 is 0 Å². The fourth-order valence-corrected chi connectivity index (χ4v) is 9.20. The van der Waals surface area contributed by atoms with Crippen LogP contribution in [0.15, 0.2) is 76.2 Å². The molecule has 0 spiro atoms. The van der Waals surface area contributed by atoms with Crippen LogP contribution in [-0.4, -0.2) is 43.3 Å². The van der Waals surface area contributed by atoms with E-state index in [1.165, 1.54) is 19.1 Å². The lowest BCUT2D eigenvalue weighted by Crippen LogP contribution is -2.65. The highest BCUT2D eigenvalue weighted by molar-refractivity contribution is 7.90. The monoisotopic (exact) mass is 646 g/mol. The Balaban J connectivity index is 1.38. The molecule has 2 aromatic carbocycles. The number of hydrogen-bond acceptors (Lipinski definition) is 4. The van der Waals surface area contributed by atoms with E-state index in [1.807, 2.05) is 36.4 Å². The first kappa shape index (κ1) is 31.9. The van der Waals surface area contributed by atoms with Crippen LogP contribution in [0.4, 0.5) is 22.0 Å². The molecule has 2 saturated carbocycles. The molecule has 0 aromatic heterocycles. The second kappa shape index (κ2) is 10.7. The average Bonchev–Trinajstić information content (AvgIpc) is 3.26.